The van der Waals surface area contributed by atoms with Crippen LogP contribution < -0.4 is 4.74 Å². The molecule has 1 aromatic heterocycles. The van der Waals surface area contributed by atoms with Crippen LogP contribution in [-0.4, -0.2) is 29.3 Å². The van der Waals surface area contributed by atoms with Crippen LogP contribution in [0.3, 0.4) is 0 Å². The summed E-state index contributed by atoms with van der Waals surface area (Å²) in [5.74, 6) is -0.439. The highest BCUT2D eigenvalue weighted by Gasteiger charge is 2.37. The molecule has 2 heterocycles. The largest absolute Gasteiger partial charge is 0.469 e. The summed E-state index contributed by atoms with van der Waals surface area (Å²) in [7, 11) is 0. The summed E-state index contributed by atoms with van der Waals surface area (Å²) < 4.78 is 47.1. The van der Waals surface area contributed by atoms with E-state index < -0.39 is 17.6 Å². The first-order valence-corrected chi connectivity index (χ1v) is 4.19. The van der Waals surface area contributed by atoms with Crippen LogP contribution in [0.4, 0.5) is 13.2 Å². The smallest absolute Gasteiger partial charge is 0.423 e. The molecule has 2 rings (SSSR count). The highest BCUT2D eigenvalue weighted by molar-refractivity contribution is 5.25. The average Bonchev–Trinajstić information content (AvgIpc) is 2.10. The lowest BCUT2D eigenvalue weighted by atomic mass is 10.3. The van der Waals surface area contributed by atoms with Gasteiger partial charge in [0.1, 0.15) is 18.0 Å². The molecule has 15 heavy (non-hydrogen) atoms. The second-order valence-corrected chi connectivity index (χ2v) is 3.02. The number of nitrogens with zero attached hydrogens (tertiary/aromatic N) is 2. The predicted octanol–water partition coefficient (Wildman–Crippen LogP) is 1.27. The molecule has 0 aliphatic carbocycles. The molecule has 0 N–H and O–H groups in total. The van der Waals surface area contributed by atoms with Crippen molar-refractivity contribution in [2.75, 3.05) is 13.2 Å². The van der Waals surface area contributed by atoms with Gasteiger partial charge in [-0.25, -0.2) is 9.97 Å². The van der Waals surface area contributed by atoms with Crippen molar-refractivity contribution in [1.29, 1.82) is 0 Å². The Morgan fingerprint density at radius 1 is 1.40 bits per heavy atom. The van der Waals surface area contributed by atoms with Crippen molar-refractivity contribution < 1.29 is 22.6 Å². The van der Waals surface area contributed by atoms with Crippen molar-refractivity contribution in [1.82, 2.24) is 9.97 Å². The van der Waals surface area contributed by atoms with E-state index in [1.54, 1.807) is 0 Å². The average molecular weight is 220 g/mol. The zero-order chi connectivity index (χ0) is 10.9. The molecule has 0 atom stereocenters. The van der Waals surface area contributed by atoms with Crippen molar-refractivity contribution in [3.05, 3.63) is 18.1 Å². The normalized spacial score (nSPS) is 17.3. The second-order valence-electron chi connectivity index (χ2n) is 3.02. The molecule has 7 heteroatoms. The molecule has 0 bridgehead atoms. The zero-order valence-electron chi connectivity index (χ0n) is 7.49. The van der Waals surface area contributed by atoms with Crippen molar-refractivity contribution >= 4 is 0 Å². The molecule has 0 unspecified atom stereocenters. The van der Waals surface area contributed by atoms with Gasteiger partial charge in [-0.15, -0.1) is 0 Å². The van der Waals surface area contributed by atoms with Crippen LogP contribution in [0.2, 0.25) is 0 Å². The number of rotatable bonds is 2. The lowest BCUT2D eigenvalue weighted by molar-refractivity contribution is -0.142. The number of hydrogen-bond acceptors (Lipinski definition) is 4. The number of ether oxygens (including phenoxy) is 2. The van der Waals surface area contributed by atoms with E-state index in [1.165, 1.54) is 0 Å². The number of alkyl halides is 3. The Labute approximate surface area is 83.0 Å². The summed E-state index contributed by atoms with van der Waals surface area (Å²) in [6, 6.07) is 0. The summed E-state index contributed by atoms with van der Waals surface area (Å²) in [5, 5.41) is 0. The van der Waals surface area contributed by atoms with Crippen LogP contribution in [0, 0.1) is 0 Å². The third-order valence-electron chi connectivity index (χ3n) is 1.87. The van der Waals surface area contributed by atoms with E-state index >= 15 is 0 Å². The van der Waals surface area contributed by atoms with E-state index in [0.717, 1.165) is 6.33 Å². The van der Waals surface area contributed by atoms with Gasteiger partial charge in [-0.05, 0) is 0 Å². The van der Waals surface area contributed by atoms with Crippen molar-refractivity contribution in [3.63, 3.8) is 0 Å². The van der Waals surface area contributed by atoms with Crippen molar-refractivity contribution in [3.8, 4) is 5.88 Å². The first kappa shape index (κ1) is 10.2. The van der Waals surface area contributed by atoms with Gasteiger partial charge in [-0.3, -0.25) is 0 Å². The molecular formula is C8H7F3N2O2. The van der Waals surface area contributed by atoms with Gasteiger partial charge < -0.3 is 9.47 Å². The Kier molecular flexibility index (Phi) is 2.47. The van der Waals surface area contributed by atoms with Crippen LogP contribution in [0.1, 0.15) is 5.56 Å². The molecule has 0 amide bonds. The molecular weight excluding hydrogens is 213 g/mol. The Morgan fingerprint density at radius 3 is 2.67 bits per heavy atom. The standard InChI is InChI=1S/C8H7F3N2O2/c9-8(10,11)6-1-12-4-13-7(6)15-5-2-14-3-5/h1,4-5H,2-3H2. The van der Waals surface area contributed by atoms with Gasteiger partial charge in [0, 0.05) is 6.20 Å². The molecule has 0 saturated carbocycles. The molecule has 1 fully saturated rings. The first-order chi connectivity index (χ1) is 7.07. The maximum Gasteiger partial charge on any atom is 0.423 e. The monoisotopic (exact) mass is 220 g/mol. The van der Waals surface area contributed by atoms with Gasteiger partial charge in [0.2, 0.25) is 5.88 Å². The van der Waals surface area contributed by atoms with Crippen LogP contribution in [0.25, 0.3) is 0 Å². The van der Waals surface area contributed by atoms with Crippen LogP contribution in [0.5, 0.6) is 5.88 Å². The number of halogens is 3. The summed E-state index contributed by atoms with van der Waals surface area (Å²) in [4.78, 5) is 6.78. The highest BCUT2D eigenvalue weighted by atomic mass is 19.4. The zero-order valence-corrected chi connectivity index (χ0v) is 7.49. The minimum absolute atomic E-state index is 0.293. The second kappa shape index (κ2) is 3.65. The molecule has 1 saturated heterocycles. The van der Waals surface area contributed by atoms with Crippen molar-refractivity contribution in [2.24, 2.45) is 0 Å². The minimum Gasteiger partial charge on any atom is -0.469 e. The maximum atomic E-state index is 12.4. The predicted molar refractivity (Wildman–Crippen MR) is 42.3 cm³/mol. The fourth-order valence-electron chi connectivity index (χ4n) is 1.05. The van der Waals surface area contributed by atoms with Gasteiger partial charge in [-0.1, -0.05) is 0 Å². The van der Waals surface area contributed by atoms with E-state index in [-0.39, 0.29) is 6.10 Å². The number of aromatic nitrogens is 2. The summed E-state index contributed by atoms with van der Waals surface area (Å²) in [6.07, 6.45) is -3.13. The quantitative estimate of drug-likeness (QED) is 0.752. The fraction of sp³-hybridized carbons (Fsp3) is 0.500. The van der Waals surface area contributed by atoms with E-state index in [1.807, 2.05) is 0 Å². The Balaban J connectivity index is 2.21. The lowest BCUT2D eigenvalue weighted by Crippen LogP contribution is -2.39. The molecule has 4 nitrogen and oxygen atoms in total. The van der Waals surface area contributed by atoms with E-state index in [9.17, 15) is 13.2 Å². The highest BCUT2D eigenvalue weighted by Crippen LogP contribution is 2.34. The Hall–Kier alpha value is -1.37. The van der Waals surface area contributed by atoms with Gasteiger partial charge in [-0.2, -0.15) is 13.2 Å². The van der Waals surface area contributed by atoms with Gasteiger partial charge >= 0.3 is 6.18 Å². The van der Waals surface area contributed by atoms with Gasteiger partial charge in [0.25, 0.3) is 0 Å². The SMILES string of the molecule is FC(F)(F)c1cncnc1OC1COC1. The molecule has 0 spiro atoms. The van der Waals surface area contributed by atoms with Gasteiger partial charge in [0.15, 0.2) is 0 Å². The molecule has 0 aromatic carbocycles. The molecule has 0 radical (unpaired) electrons. The summed E-state index contributed by atoms with van der Waals surface area (Å²) in [5.41, 5.74) is -0.961. The van der Waals surface area contributed by atoms with Gasteiger partial charge in [0.05, 0.1) is 13.2 Å². The Morgan fingerprint density at radius 2 is 2.13 bits per heavy atom. The van der Waals surface area contributed by atoms with Crippen molar-refractivity contribution in [2.45, 2.75) is 12.3 Å². The summed E-state index contributed by atoms with van der Waals surface area (Å²) in [6.45, 7) is 0.586. The summed E-state index contributed by atoms with van der Waals surface area (Å²) >= 11 is 0. The molecule has 82 valence electrons. The third-order valence-corrected chi connectivity index (χ3v) is 1.87. The third kappa shape index (κ3) is 2.17. The van der Waals surface area contributed by atoms with Crippen LogP contribution in [-0.2, 0) is 10.9 Å². The molecule has 1 aromatic rings. The van der Waals surface area contributed by atoms with E-state index in [2.05, 4.69) is 9.97 Å². The fourth-order valence-corrected chi connectivity index (χ4v) is 1.05. The van der Waals surface area contributed by atoms with E-state index in [0.29, 0.717) is 19.4 Å². The topological polar surface area (TPSA) is 44.2 Å². The van der Waals surface area contributed by atoms with Crippen LogP contribution in [0.15, 0.2) is 12.5 Å². The lowest BCUT2D eigenvalue weighted by Gasteiger charge is -2.26. The molecule has 1 aliphatic rings. The minimum atomic E-state index is -4.50. The Bertz CT molecular complexity index is 352. The number of hydrogen-bond donors (Lipinski definition) is 0. The van der Waals surface area contributed by atoms with Crippen LogP contribution >= 0.6 is 0 Å². The van der Waals surface area contributed by atoms with E-state index in [4.69, 9.17) is 9.47 Å². The first-order valence-electron chi connectivity index (χ1n) is 4.19. The maximum absolute atomic E-state index is 12.4. The molecule has 1 aliphatic heterocycles.